The third-order valence-corrected chi connectivity index (χ3v) is 4.03. The number of hydrogen-bond donors (Lipinski definition) is 2. The quantitative estimate of drug-likeness (QED) is 0.461. The molecule has 0 amide bonds. The van der Waals surface area contributed by atoms with E-state index in [-0.39, 0.29) is 23.7 Å². The van der Waals surface area contributed by atoms with E-state index in [4.69, 9.17) is 20.1 Å². The van der Waals surface area contributed by atoms with Gasteiger partial charge < -0.3 is 20.1 Å². The highest BCUT2D eigenvalue weighted by Gasteiger charge is 2.19. The van der Waals surface area contributed by atoms with Crippen LogP contribution in [0.4, 0.5) is 5.69 Å². The zero-order valence-electron chi connectivity index (χ0n) is 14.7. The minimum Gasteiger partial charge on any atom is -0.490 e. The number of nitro benzene ring substituents is 1. The van der Waals surface area contributed by atoms with Gasteiger partial charge in [-0.1, -0.05) is 29.4 Å². The van der Waals surface area contributed by atoms with Gasteiger partial charge in [-0.05, 0) is 24.1 Å². The van der Waals surface area contributed by atoms with E-state index in [0.717, 1.165) is 5.56 Å². The molecule has 0 aliphatic rings. The summed E-state index contributed by atoms with van der Waals surface area (Å²) in [5.74, 6) is -0.524. The first-order chi connectivity index (χ1) is 13.4. The van der Waals surface area contributed by atoms with Crippen LogP contribution in [-0.2, 0) is 11.2 Å². The van der Waals surface area contributed by atoms with Gasteiger partial charge in [-0.2, -0.15) is 4.98 Å². The number of carbonyl (C=O) groups is 1. The molecule has 1 heterocycles. The Morgan fingerprint density at radius 1 is 1.29 bits per heavy atom. The summed E-state index contributed by atoms with van der Waals surface area (Å²) < 4.78 is 10.2. The largest absolute Gasteiger partial charge is 0.490 e. The van der Waals surface area contributed by atoms with Crippen LogP contribution in [0.5, 0.6) is 5.75 Å². The average Bonchev–Trinajstić information content (AvgIpc) is 3.18. The molecule has 144 valence electrons. The van der Waals surface area contributed by atoms with Crippen molar-refractivity contribution in [3.05, 3.63) is 58.1 Å². The molecule has 0 saturated heterocycles. The van der Waals surface area contributed by atoms with Crippen molar-refractivity contribution in [2.24, 2.45) is 5.73 Å². The van der Waals surface area contributed by atoms with Crippen LogP contribution in [-0.4, -0.2) is 39.3 Å². The lowest BCUT2D eigenvalue weighted by Crippen LogP contribution is -2.32. The zero-order chi connectivity index (χ0) is 20.3. The summed E-state index contributed by atoms with van der Waals surface area (Å²) >= 11 is 0. The molecular weight excluding hydrogens is 368 g/mol. The molecule has 0 saturated carbocycles. The zero-order valence-corrected chi connectivity index (χ0v) is 14.7. The van der Waals surface area contributed by atoms with Crippen LogP contribution < -0.4 is 10.5 Å². The number of methoxy groups -OCH3 is 1. The summed E-state index contributed by atoms with van der Waals surface area (Å²) in [5, 5.41) is 23.9. The van der Waals surface area contributed by atoms with Crippen molar-refractivity contribution in [1.82, 2.24) is 10.1 Å². The summed E-state index contributed by atoms with van der Waals surface area (Å²) in [4.78, 5) is 25.7. The summed E-state index contributed by atoms with van der Waals surface area (Å²) in [6, 6.07) is 10.3. The number of nitrogens with two attached hydrogens (primary N) is 1. The van der Waals surface area contributed by atoms with Crippen molar-refractivity contribution in [3.8, 4) is 28.6 Å². The molecule has 1 aromatic heterocycles. The molecule has 0 aliphatic carbocycles. The predicted molar refractivity (Wildman–Crippen MR) is 97.7 cm³/mol. The second kappa shape index (κ2) is 7.84. The molecule has 3 N–H and O–H groups in total. The molecule has 1 atom stereocenters. The Bertz CT molecular complexity index is 1020. The molecule has 0 spiro atoms. The van der Waals surface area contributed by atoms with Crippen molar-refractivity contribution in [1.29, 1.82) is 0 Å². The van der Waals surface area contributed by atoms with Gasteiger partial charge >= 0.3 is 11.7 Å². The van der Waals surface area contributed by atoms with Crippen LogP contribution in [0, 0.1) is 10.1 Å². The Kier molecular flexibility index (Phi) is 5.32. The molecule has 3 rings (SSSR count). The molecule has 0 bridgehead atoms. The van der Waals surface area contributed by atoms with E-state index in [1.165, 1.54) is 19.2 Å². The topological polar surface area (TPSA) is 155 Å². The van der Waals surface area contributed by atoms with Gasteiger partial charge in [-0.25, -0.2) is 0 Å². The van der Waals surface area contributed by atoms with Crippen molar-refractivity contribution < 1.29 is 24.1 Å². The number of nitrogens with zero attached hydrogens (tertiary/aromatic N) is 3. The lowest BCUT2D eigenvalue weighted by Gasteiger charge is -2.06. The lowest BCUT2D eigenvalue weighted by atomic mass is 10.0. The normalized spacial score (nSPS) is 11.8. The summed E-state index contributed by atoms with van der Waals surface area (Å²) in [6.45, 7) is 0. The molecule has 0 fully saturated rings. The molecule has 10 nitrogen and oxygen atoms in total. The maximum Gasteiger partial charge on any atom is 0.320 e. The van der Waals surface area contributed by atoms with Gasteiger partial charge in [0.05, 0.1) is 12.0 Å². The number of carboxylic acids is 1. The second-order valence-electron chi connectivity index (χ2n) is 5.91. The highest BCUT2D eigenvalue weighted by molar-refractivity contribution is 5.73. The van der Waals surface area contributed by atoms with E-state index >= 15 is 0 Å². The van der Waals surface area contributed by atoms with Gasteiger partial charge in [0.2, 0.25) is 5.82 Å². The maximum atomic E-state index is 11.2. The number of aromatic nitrogens is 2. The van der Waals surface area contributed by atoms with Crippen LogP contribution in [0.1, 0.15) is 5.56 Å². The number of ether oxygens (including phenoxy) is 1. The minimum atomic E-state index is -1.07. The first kappa shape index (κ1) is 19.0. The summed E-state index contributed by atoms with van der Waals surface area (Å²) in [7, 11) is 1.35. The molecule has 2 aromatic carbocycles. The highest BCUT2D eigenvalue weighted by Crippen LogP contribution is 2.32. The fourth-order valence-corrected chi connectivity index (χ4v) is 2.55. The lowest BCUT2D eigenvalue weighted by molar-refractivity contribution is -0.385. The molecule has 28 heavy (non-hydrogen) atoms. The van der Waals surface area contributed by atoms with E-state index in [1.54, 1.807) is 30.3 Å². The fourth-order valence-electron chi connectivity index (χ4n) is 2.55. The number of hydrogen-bond acceptors (Lipinski definition) is 8. The molecule has 10 heteroatoms. The predicted octanol–water partition coefficient (Wildman–Crippen LogP) is 2.27. The Morgan fingerprint density at radius 2 is 1.96 bits per heavy atom. The van der Waals surface area contributed by atoms with Crippen LogP contribution in [0.3, 0.4) is 0 Å². The second-order valence-corrected chi connectivity index (χ2v) is 5.91. The smallest absolute Gasteiger partial charge is 0.320 e. The van der Waals surface area contributed by atoms with E-state index in [2.05, 4.69) is 10.1 Å². The number of nitro groups is 1. The van der Waals surface area contributed by atoms with Gasteiger partial charge in [-0.15, -0.1) is 0 Å². The summed E-state index contributed by atoms with van der Waals surface area (Å²) in [5.41, 5.74) is 7.10. The van der Waals surface area contributed by atoms with Crippen molar-refractivity contribution in [2.75, 3.05) is 7.11 Å². The van der Waals surface area contributed by atoms with Crippen molar-refractivity contribution >= 4 is 11.7 Å². The Morgan fingerprint density at radius 3 is 2.57 bits per heavy atom. The number of benzene rings is 2. The van der Waals surface area contributed by atoms with Crippen LogP contribution in [0.25, 0.3) is 22.8 Å². The number of carboxylic acid groups (broad SMARTS) is 1. The SMILES string of the molecule is COc1ccc(-c2nc(-c3ccc(C[C@H](N)C(=O)O)cc3)no2)cc1[N+](=O)[O-]. The van der Waals surface area contributed by atoms with Crippen LogP contribution in [0.15, 0.2) is 47.0 Å². The average molecular weight is 384 g/mol. The van der Waals surface area contributed by atoms with E-state index in [9.17, 15) is 14.9 Å². The first-order valence-corrected chi connectivity index (χ1v) is 8.13. The van der Waals surface area contributed by atoms with Gasteiger partial charge in [0.25, 0.3) is 5.89 Å². The highest BCUT2D eigenvalue weighted by atomic mass is 16.6. The Balaban J connectivity index is 1.83. The van der Waals surface area contributed by atoms with Gasteiger partial charge in [0.15, 0.2) is 5.75 Å². The minimum absolute atomic E-state index is 0.123. The van der Waals surface area contributed by atoms with E-state index in [0.29, 0.717) is 17.0 Å². The first-order valence-electron chi connectivity index (χ1n) is 8.13. The van der Waals surface area contributed by atoms with Crippen LogP contribution in [0.2, 0.25) is 0 Å². The number of rotatable bonds is 7. The Hall–Kier alpha value is -3.79. The Labute approximate surface area is 158 Å². The standard InChI is InChI=1S/C18H16N4O6/c1-27-15-7-6-12(9-14(15)22(25)26)17-20-16(21-28-17)11-4-2-10(3-5-11)8-13(19)18(23)24/h2-7,9,13H,8,19H2,1H3,(H,23,24)/t13-/m0/s1. The van der Waals surface area contributed by atoms with E-state index < -0.39 is 16.9 Å². The van der Waals surface area contributed by atoms with Gasteiger partial charge in [0, 0.05) is 17.2 Å². The third kappa shape index (κ3) is 3.96. The van der Waals surface area contributed by atoms with Gasteiger partial charge in [0.1, 0.15) is 6.04 Å². The summed E-state index contributed by atoms with van der Waals surface area (Å²) in [6.07, 6.45) is 0.197. The van der Waals surface area contributed by atoms with Crippen molar-refractivity contribution in [3.63, 3.8) is 0 Å². The number of aliphatic carboxylic acids is 1. The molecular formula is C18H16N4O6. The van der Waals surface area contributed by atoms with Crippen LogP contribution >= 0.6 is 0 Å². The monoisotopic (exact) mass is 384 g/mol. The third-order valence-electron chi connectivity index (χ3n) is 4.03. The van der Waals surface area contributed by atoms with E-state index in [1.807, 2.05) is 0 Å². The molecule has 0 aliphatic heterocycles. The maximum absolute atomic E-state index is 11.2. The fraction of sp³-hybridized carbons (Fsp3) is 0.167. The molecule has 0 unspecified atom stereocenters. The van der Waals surface area contributed by atoms with Crippen molar-refractivity contribution in [2.45, 2.75) is 12.5 Å². The van der Waals surface area contributed by atoms with Gasteiger partial charge in [-0.3, -0.25) is 14.9 Å². The molecule has 3 aromatic rings. The molecule has 0 radical (unpaired) electrons.